The normalized spacial score (nSPS) is 23.5. The third-order valence-corrected chi connectivity index (χ3v) is 7.10. The molecule has 2 heterocycles. The summed E-state index contributed by atoms with van der Waals surface area (Å²) >= 11 is 0. The van der Waals surface area contributed by atoms with Crippen molar-refractivity contribution in [1.29, 1.82) is 0 Å². The van der Waals surface area contributed by atoms with Crippen LogP contribution in [0.2, 0.25) is 0 Å². The third kappa shape index (κ3) is 4.49. The number of carbonyl (C=O) groups excluding carboxylic acids is 2. The Labute approximate surface area is 166 Å². The number of unbranched alkanes of at least 4 members (excludes halogenated alkanes) is 3. The Morgan fingerprint density at radius 2 is 1.70 bits per heavy atom. The van der Waals surface area contributed by atoms with Crippen molar-refractivity contribution >= 4 is 11.8 Å². The van der Waals surface area contributed by atoms with Gasteiger partial charge in [0.1, 0.15) is 6.04 Å². The summed E-state index contributed by atoms with van der Waals surface area (Å²) in [7, 11) is 0. The predicted molar refractivity (Wildman–Crippen MR) is 110 cm³/mol. The molecule has 5 nitrogen and oxygen atoms in total. The summed E-state index contributed by atoms with van der Waals surface area (Å²) in [6.07, 6.45) is 8.45. The summed E-state index contributed by atoms with van der Waals surface area (Å²) < 4.78 is 0. The van der Waals surface area contributed by atoms with E-state index in [1.54, 1.807) is 0 Å². The smallest absolute Gasteiger partial charge is 0.317 e. The number of hydrazine groups is 1. The number of nitrogens with zero attached hydrogens (tertiary/aromatic N) is 3. The van der Waals surface area contributed by atoms with E-state index in [1.807, 2.05) is 18.9 Å². The summed E-state index contributed by atoms with van der Waals surface area (Å²) in [5, 5.41) is 3.92. The van der Waals surface area contributed by atoms with Gasteiger partial charge in [0.05, 0.1) is 0 Å². The lowest BCUT2D eigenvalue weighted by Gasteiger charge is -2.49. The molecular weight excluding hydrogens is 338 g/mol. The summed E-state index contributed by atoms with van der Waals surface area (Å²) in [5.74, 6) is 0.212. The molecule has 0 saturated carbocycles. The van der Waals surface area contributed by atoms with Gasteiger partial charge in [-0.05, 0) is 32.6 Å². The minimum atomic E-state index is -0.378. The molecule has 0 bridgehead atoms. The second-order valence-corrected chi connectivity index (χ2v) is 9.30. The number of carbonyl (C=O) groups is 2. The van der Waals surface area contributed by atoms with Crippen LogP contribution in [0.15, 0.2) is 0 Å². The topological polar surface area (TPSA) is 43.9 Å². The maximum Gasteiger partial charge on any atom is 0.335 e. The van der Waals surface area contributed by atoms with Crippen LogP contribution in [0.3, 0.4) is 0 Å². The Morgan fingerprint density at radius 3 is 2.30 bits per heavy atom. The molecule has 156 valence electrons. The molecule has 0 aliphatic carbocycles. The summed E-state index contributed by atoms with van der Waals surface area (Å²) in [5.41, 5.74) is -0.495. The van der Waals surface area contributed by atoms with Crippen LogP contribution in [0.4, 0.5) is 4.79 Å². The van der Waals surface area contributed by atoms with E-state index in [4.69, 9.17) is 0 Å². The number of amides is 2. The van der Waals surface area contributed by atoms with Gasteiger partial charge in [0, 0.05) is 30.6 Å². The molecule has 0 N–H and O–H groups in total. The minimum Gasteiger partial charge on any atom is -0.317 e. The van der Waals surface area contributed by atoms with Crippen LogP contribution in [0.25, 0.3) is 0 Å². The van der Waals surface area contributed by atoms with Gasteiger partial charge >= 0.3 is 6.03 Å². The van der Waals surface area contributed by atoms with Crippen LogP contribution in [0.5, 0.6) is 0 Å². The van der Waals surface area contributed by atoms with E-state index in [1.165, 1.54) is 19.3 Å². The first-order chi connectivity index (χ1) is 12.7. The second-order valence-electron chi connectivity index (χ2n) is 9.30. The molecule has 1 unspecified atom stereocenters. The first kappa shape index (κ1) is 22.2. The molecule has 2 aliphatic rings. The number of urea groups is 1. The van der Waals surface area contributed by atoms with Gasteiger partial charge in [-0.25, -0.2) is 14.8 Å². The molecule has 0 aromatic heterocycles. The largest absolute Gasteiger partial charge is 0.335 e. The molecule has 0 radical (unpaired) electrons. The van der Waals surface area contributed by atoms with Crippen molar-refractivity contribution in [3.8, 4) is 0 Å². The molecule has 2 saturated heterocycles. The number of Topliss-reactive ketones (excluding diaryl/α,β-unsaturated/α-hetero) is 1. The number of ketones is 1. The minimum absolute atomic E-state index is 0.0452. The number of hydrogen-bond donors (Lipinski definition) is 0. The van der Waals surface area contributed by atoms with Gasteiger partial charge in [0.15, 0.2) is 5.78 Å². The van der Waals surface area contributed by atoms with Gasteiger partial charge < -0.3 is 4.90 Å². The SMILES string of the molecule is CCCCCCC(C)(CC)N1CCN2CC[C@@H](C(=O)C(C)(C)CC)N2C1=O. The molecule has 0 spiro atoms. The molecule has 5 heteroatoms. The van der Waals surface area contributed by atoms with E-state index < -0.39 is 0 Å². The Morgan fingerprint density at radius 1 is 1.00 bits per heavy atom. The first-order valence-corrected chi connectivity index (χ1v) is 11.1. The molecule has 2 amide bonds. The van der Waals surface area contributed by atoms with Gasteiger partial charge in [0.25, 0.3) is 0 Å². The predicted octanol–water partition coefficient (Wildman–Crippen LogP) is 4.86. The van der Waals surface area contributed by atoms with Crippen LogP contribution < -0.4 is 0 Å². The highest BCUT2D eigenvalue weighted by Gasteiger charge is 2.49. The lowest BCUT2D eigenvalue weighted by Crippen LogP contribution is -2.65. The summed E-state index contributed by atoms with van der Waals surface area (Å²) in [6, 6.07) is -0.250. The number of hydrogen-bond acceptors (Lipinski definition) is 3. The van der Waals surface area contributed by atoms with E-state index in [2.05, 4.69) is 37.6 Å². The van der Waals surface area contributed by atoms with Crippen LogP contribution in [0.1, 0.15) is 92.9 Å². The van der Waals surface area contributed by atoms with Crippen molar-refractivity contribution in [2.45, 2.75) is 104 Å². The van der Waals surface area contributed by atoms with E-state index in [0.717, 1.165) is 51.7 Å². The van der Waals surface area contributed by atoms with Gasteiger partial charge in [-0.3, -0.25) is 4.79 Å². The van der Waals surface area contributed by atoms with Crippen LogP contribution in [-0.2, 0) is 4.79 Å². The number of fused-ring (bicyclic) bond motifs is 1. The molecule has 2 rings (SSSR count). The van der Waals surface area contributed by atoms with E-state index in [9.17, 15) is 9.59 Å². The van der Waals surface area contributed by atoms with E-state index >= 15 is 0 Å². The lowest BCUT2D eigenvalue weighted by atomic mass is 9.81. The van der Waals surface area contributed by atoms with E-state index in [0.29, 0.717) is 0 Å². The standard InChI is InChI=1S/C22H41N3O2/c1-7-10-11-12-14-22(6,9-3)24-17-16-23-15-13-18(25(23)20(24)27)19(26)21(4,5)8-2/h18H,7-17H2,1-6H3/t18-,22?/m0/s1. The Balaban J connectivity index is 2.16. The fourth-order valence-electron chi connectivity index (χ4n) is 4.41. The van der Waals surface area contributed by atoms with Gasteiger partial charge in [-0.15, -0.1) is 0 Å². The molecule has 0 aromatic rings. The van der Waals surface area contributed by atoms with Crippen molar-refractivity contribution in [2.24, 2.45) is 5.41 Å². The summed E-state index contributed by atoms with van der Waals surface area (Å²) in [4.78, 5) is 28.7. The molecular formula is C22H41N3O2. The van der Waals surface area contributed by atoms with Crippen molar-refractivity contribution in [3.63, 3.8) is 0 Å². The molecule has 2 atom stereocenters. The van der Waals surface area contributed by atoms with Crippen LogP contribution in [0, 0.1) is 5.41 Å². The van der Waals surface area contributed by atoms with Crippen molar-refractivity contribution in [1.82, 2.24) is 14.9 Å². The van der Waals surface area contributed by atoms with Crippen LogP contribution >= 0.6 is 0 Å². The molecule has 2 fully saturated rings. The van der Waals surface area contributed by atoms with Crippen LogP contribution in [-0.4, -0.2) is 57.9 Å². The zero-order valence-electron chi connectivity index (χ0n) is 18.5. The van der Waals surface area contributed by atoms with Gasteiger partial charge in [0.2, 0.25) is 0 Å². The van der Waals surface area contributed by atoms with E-state index in [-0.39, 0.29) is 28.8 Å². The first-order valence-electron chi connectivity index (χ1n) is 11.1. The van der Waals surface area contributed by atoms with Gasteiger partial charge in [-0.2, -0.15) is 0 Å². The number of rotatable bonds is 10. The third-order valence-electron chi connectivity index (χ3n) is 7.10. The van der Waals surface area contributed by atoms with Gasteiger partial charge in [-0.1, -0.05) is 60.3 Å². The maximum absolute atomic E-state index is 13.5. The zero-order chi connectivity index (χ0) is 20.2. The van der Waals surface area contributed by atoms with Crippen molar-refractivity contribution in [2.75, 3.05) is 19.6 Å². The Bertz CT molecular complexity index is 534. The maximum atomic E-state index is 13.5. The highest BCUT2D eigenvalue weighted by Crippen LogP contribution is 2.35. The lowest BCUT2D eigenvalue weighted by molar-refractivity contribution is -0.136. The highest BCUT2D eigenvalue weighted by molar-refractivity contribution is 5.92. The summed E-state index contributed by atoms with van der Waals surface area (Å²) in [6.45, 7) is 15.1. The monoisotopic (exact) mass is 379 g/mol. The average Bonchev–Trinajstić information content (AvgIpc) is 3.09. The Kier molecular flexibility index (Phi) is 7.34. The quantitative estimate of drug-likeness (QED) is 0.509. The molecule has 27 heavy (non-hydrogen) atoms. The van der Waals surface area contributed by atoms with Crippen molar-refractivity contribution < 1.29 is 9.59 Å². The second kappa shape index (κ2) is 8.93. The van der Waals surface area contributed by atoms with Crippen molar-refractivity contribution in [3.05, 3.63) is 0 Å². The Hall–Kier alpha value is -1.10. The average molecular weight is 380 g/mol. The molecule has 0 aromatic carbocycles. The zero-order valence-corrected chi connectivity index (χ0v) is 18.5. The highest BCUT2D eigenvalue weighted by atomic mass is 16.2. The molecule has 2 aliphatic heterocycles. The fraction of sp³-hybridized carbons (Fsp3) is 0.909. The fourth-order valence-corrected chi connectivity index (χ4v) is 4.41.